The third kappa shape index (κ3) is 4.63. The number of hydrogen-bond donors (Lipinski definition) is 4. The summed E-state index contributed by atoms with van der Waals surface area (Å²) in [5.74, 6) is -0.744. The van der Waals surface area contributed by atoms with Gasteiger partial charge in [-0.1, -0.05) is 49.4 Å². The molecule has 5 atom stereocenters. The highest BCUT2D eigenvalue weighted by molar-refractivity contribution is 5.97. The fourth-order valence-corrected chi connectivity index (χ4v) is 4.18. The summed E-state index contributed by atoms with van der Waals surface area (Å²) in [6.07, 6.45) is 5.29. The van der Waals surface area contributed by atoms with Gasteiger partial charge in [-0.05, 0) is 24.0 Å². The predicted octanol–water partition coefficient (Wildman–Crippen LogP) is 1.14. The van der Waals surface area contributed by atoms with Crippen molar-refractivity contribution in [3.05, 3.63) is 53.1 Å². The minimum Gasteiger partial charge on any atom is -0.394 e. The molecule has 1 fully saturated rings. The second-order valence-electron chi connectivity index (χ2n) is 7.82. The van der Waals surface area contributed by atoms with Crippen molar-refractivity contribution in [2.75, 3.05) is 19.7 Å². The Labute approximate surface area is 176 Å². The van der Waals surface area contributed by atoms with Gasteiger partial charge in [-0.2, -0.15) is 5.26 Å². The monoisotopic (exact) mass is 411 g/mol. The smallest absolute Gasteiger partial charge is 0.261 e. The Morgan fingerprint density at radius 3 is 2.77 bits per heavy atom. The molecule has 160 valence electrons. The minimum atomic E-state index is -1.35. The van der Waals surface area contributed by atoms with Crippen molar-refractivity contribution >= 4 is 12.0 Å². The van der Waals surface area contributed by atoms with E-state index in [1.54, 1.807) is 6.08 Å². The van der Waals surface area contributed by atoms with Crippen molar-refractivity contribution in [3.63, 3.8) is 0 Å². The van der Waals surface area contributed by atoms with Crippen LogP contribution in [0.1, 0.15) is 36.9 Å². The molecule has 2 aliphatic rings. The summed E-state index contributed by atoms with van der Waals surface area (Å²) in [6, 6.07) is 10.7. The maximum absolute atomic E-state index is 12.5. The summed E-state index contributed by atoms with van der Waals surface area (Å²) in [5.41, 5.74) is 2.31. The zero-order valence-electron chi connectivity index (χ0n) is 17.1. The van der Waals surface area contributed by atoms with Crippen molar-refractivity contribution in [1.82, 2.24) is 10.2 Å². The van der Waals surface area contributed by atoms with Crippen LogP contribution in [0.2, 0.25) is 0 Å². The molecule has 7 heteroatoms. The Hall–Kier alpha value is -2.50. The molecule has 3 rings (SSSR count). The number of benzene rings is 1. The normalized spacial score (nSPS) is 25.6. The molecule has 1 aromatic rings. The summed E-state index contributed by atoms with van der Waals surface area (Å²) in [5, 5.41) is 40.0. The molecule has 0 bridgehead atoms. The van der Waals surface area contributed by atoms with Crippen LogP contribution in [0.4, 0.5) is 0 Å². The Morgan fingerprint density at radius 1 is 1.37 bits per heavy atom. The molecule has 0 saturated carbocycles. The minimum absolute atomic E-state index is 0.0340. The second kappa shape index (κ2) is 10.0. The standard InChI is InChI=1S/C23H29N3O4/c1-2-18-9-10-26(18)22-16(8-7-15-5-3-4-6-19(15)22)11-17(12-24)23(30)25-13-20(28)21(29)14-27/h3-8,11,16,18,20-22,27-29H,2,9-10,13-14H2,1H3,(H,25,30)/b17-11+. The number of nitriles is 1. The van der Waals surface area contributed by atoms with Gasteiger partial charge in [0.1, 0.15) is 17.7 Å². The van der Waals surface area contributed by atoms with Crippen LogP contribution in [-0.4, -0.2) is 64.1 Å². The number of carbonyl (C=O) groups excluding carboxylic acids is 1. The molecule has 1 aromatic carbocycles. The molecule has 1 heterocycles. The van der Waals surface area contributed by atoms with Crippen LogP contribution in [0.3, 0.4) is 0 Å². The van der Waals surface area contributed by atoms with E-state index in [4.69, 9.17) is 5.11 Å². The Kier molecular flexibility index (Phi) is 7.40. The number of hydrogen-bond acceptors (Lipinski definition) is 6. The van der Waals surface area contributed by atoms with E-state index in [-0.39, 0.29) is 24.1 Å². The van der Waals surface area contributed by atoms with Gasteiger partial charge in [0.25, 0.3) is 5.91 Å². The van der Waals surface area contributed by atoms with Gasteiger partial charge < -0.3 is 20.6 Å². The average molecular weight is 412 g/mol. The number of rotatable bonds is 8. The molecule has 1 aliphatic heterocycles. The van der Waals surface area contributed by atoms with Crippen LogP contribution < -0.4 is 5.32 Å². The molecule has 0 aromatic heterocycles. The van der Waals surface area contributed by atoms with Gasteiger partial charge in [-0.25, -0.2) is 0 Å². The van der Waals surface area contributed by atoms with Gasteiger partial charge in [0, 0.05) is 31.1 Å². The van der Waals surface area contributed by atoms with E-state index >= 15 is 0 Å². The summed E-state index contributed by atoms with van der Waals surface area (Å²) < 4.78 is 0. The lowest BCUT2D eigenvalue weighted by atomic mass is 9.79. The summed E-state index contributed by atoms with van der Waals surface area (Å²) in [4.78, 5) is 14.9. The molecule has 7 nitrogen and oxygen atoms in total. The Bertz CT molecular complexity index is 858. The summed E-state index contributed by atoms with van der Waals surface area (Å²) in [6.45, 7) is 2.29. The molecule has 5 unspecified atom stereocenters. The molecule has 30 heavy (non-hydrogen) atoms. The number of nitrogens with one attached hydrogen (secondary N) is 1. The molecular formula is C23H29N3O4. The van der Waals surface area contributed by atoms with Crippen molar-refractivity contribution in [2.45, 2.75) is 44.1 Å². The first-order chi connectivity index (χ1) is 14.5. The SMILES string of the molecule is CCC1CCN1C1c2ccccc2C=CC1/C=C(\C#N)C(=O)NCC(O)C(O)CO. The molecule has 1 amide bonds. The van der Waals surface area contributed by atoms with Crippen molar-refractivity contribution in [3.8, 4) is 6.07 Å². The summed E-state index contributed by atoms with van der Waals surface area (Å²) >= 11 is 0. The van der Waals surface area contributed by atoms with E-state index in [0.717, 1.165) is 24.9 Å². The van der Waals surface area contributed by atoms with Crippen molar-refractivity contribution < 1.29 is 20.1 Å². The zero-order chi connectivity index (χ0) is 21.7. The quantitative estimate of drug-likeness (QED) is 0.376. The third-order valence-electron chi connectivity index (χ3n) is 6.02. The third-order valence-corrected chi connectivity index (χ3v) is 6.02. The number of aliphatic hydroxyl groups is 3. The van der Waals surface area contributed by atoms with Gasteiger partial charge in [-0.15, -0.1) is 0 Å². The second-order valence-corrected chi connectivity index (χ2v) is 7.82. The maximum Gasteiger partial charge on any atom is 0.261 e. The first-order valence-corrected chi connectivity index (χ1v) is 10.4. The van der Waals surface area contributed by atoms with E-state index < -0.39 is 24.7 Å². The van der Waals surface area contributed by atoms with E-state index in [2.05, 4.69) is 29.3 Å². The fraction of sp³-hybridized carbons (Fsp3) is 0.478. The van der Waals surface area contributed by atoms with E-state index in [1.165, 1.54) is 5.56 Å². The fourth-order valence-electron chi connectivity index (χ4n) is 4.18. The number of nitrogens with zero attached hydrogens (tertiary/aromatic N) is 2. The number of amides is 1. The number of fused-ring (bicyclic) bond motifs is 1. The average Bonchev–Trinajstić information content (AvgIpc) is 2.75. The van der Waals surface area contributed by atoms with Gasteiger partial charge in [-0.3, -0.25) is 9.69 Å². The van der Waals surface area contributed by atoms with Crippen LogP contribution in [0.25, 0.3) is 6.08 Å². The highest BCUT2D eigenvalue weighted by Gasteiger charge is 2.38. The van der Waals surface area contributed by atoms with Crippen molar-refractivity contribution in [1.29, 1.82) is 5.26 Å². The van der Waals surface area contributed by atoms with Crippen LogP contribution in [0.5, 0.6) is 0 Å². The Balaban J connectivity index is 1.82. The summed E-state index contributed by atoms with van der Waals surface area (Å²) in [7, 11) is 0. The first-order valence-electron chi connectivity index (χ1n) is 10.4. The lowest BCUT2D eigenvalue weighted by molar-refractivity contribution is -0.118. The maximum atomic E-state index is 12.5. The van der Waals surface area contributed by atoms with Crippen molar-refractivity contribution in [2.24, 2.45) is 5.92 Å². The Morgan fingerprint density at radius 2 is 2.13 bits per heavy atom. The number of likely N-dealkylation sites (tertiary alicyclic amines) is 1. The molecule has 1 saturated heterocycles. The van der Waals surface area contributed by atoms with Gasteiger partial charge >= 0.3 is 0 Å². The van der Waals surface area contributed by atoms with Crippen LogP contribution in [0.15, 0.2) is 42.0 Å². The molecule has 0 spiro atoms. The highest BCUT2D eigenvalue weighted by Crippen LogP contribution is 2.42. The topological polar surface area (TPSA) is 117 Å². The van der Waals surface area contributed by atoms with Gasteiger partial charge in [0.05, 0.1) is 12.7 Å². The van der Waals surface area contributed by atoms with E-state index in [9.17, 15) is 20.3 Å². The van der Waals surface area contributed by atoms with E-state index in [0.29, 0.717) is 6.04 Å². The largest absolute Gasteiger partial charge is 0.394 e. The van der Waals surface area contributed by atoms with E-state index in [1.807, 2.05) is 30.4 Å². The molecule has 0 radical (unpaired) electrons. The zero-order valence-corrected chi connectivity index (χ0v) is 17.1. The van der Waals surface area contributed by atoms with Gasteiger partial charge in [0.15, 0.2) is 0 Å². The highest BCUT2D eigenvalue weighted by atomic mass is 16.4. The molecular weight excluding hydrogens is 382 g/mol. The lowest BCUT2D eigenvalue weighted by Gasteiger charge is -2.49. The number of aliphatic hydroxyl groups excluding tert-OH is 3. The lowest BCUT2D eigenvalue weighted by Crippen LogP contribution is -2.51. The van der Waals surface area contributed by atoms with Gasteiger partial charge in [0.2, 0.25) is 0 Å². The van der Waals surface area contributed by atoms with Crippen LogP contribution in [0, 0.1) is 17.2 Å². The first kappa shape index (κ1) is 22.2. The molecule has 1 aliphatic carbocycles. The predicted molar refractivity (Wildman–Crippen MR) is 113 cm³/mol. The van der Waals surface area contributed by atoms with Crippen LogP contribution >= 0.6 is 0 Å². The number of carbonyl (C=O) groups is 1. The molecule has 4 N–H and O–H groups in total. The van der Waals surface area contributed by atoms with Crippen LogP contribution in [-0.2, 0) is 4.79 Å².